The zero-order valence-corrected chi connectivity index (χ0v) is 102. The monoisotopic (exact) mass is 2010 g/mol. The molecule has 1 aliphatic rings. The maximum absolute atomic E-state index is 5.73. The SMILES string of the molecule is C.C.C.C.CC1=C(C)C(C(C)(C)N(C)C(C)C)=NC1.Cc1coc(C(C)(C)N(C)C(C)C)c1C.Cc1nc(C(C)(C)N(C)C(C)C)c(C)o1.Cc1nc(C(C)(C)N(C)C(C)C)c(C)s1.Cc1nc(C(C)(C)N(C)C(C)C)oc1C.Cc1nc(C(C)(C)N(C)C(C)C)sc1C.Cc1nc(C)c(C(C)(C)N(C)C(C)C)o1.Cc1nc(C)c(C(C)(C)N(C)C(C)C)s1.Cc1oc(C)c(C(C)(C)N(C)C(C)C)c1C. The minimum absolute atomic E-state index is 0. The van der Waals surface area contributed by atoms with E-state index in [2.05, 4.69) is 475 Å². The molecule has 812 valence electrons. The minimum atomic E-state index is -0.160. The molecule has 0 bridgehead atoms. The van der Waals surface area contributed by atoms with Crippen molar-refractivity contribution in [2.45, 2.75) is 515 Å². The van der Waals surface area contributed by atoms with Gasteiger partial charge in [-0.05, 0) is 458 Å². The van der Waals surface area contributed by atoms with Crippen LogP contribution >= 0.6 is 34.0 Å². The molecule has 0 N–H and O–H groups in total. The van der Waals surface area contributed by atoms with Crippen LogP contribution < -0.4 is 0 Å². The Kier molecular flexibility index (Phi) is 56.5. The van der Waals surface area contributed by atoms with Gasteiger partial charge in [0.15, 0.2) is 11.8 Å². The second kappa shape index (κ2) is 56.3. The lowest BCUT2D eigenvalue weighted by Gasteiger charge is -2.39. The predicted octanol–water partition coefficient (Wildman–Crippen LogP) is 31.3. The summed E-state index contributed by atoms with van der Waals surface area (Å²) in [5.74, 6) is 8.26. The highest BCUT2D eigenvalue weighted by Gasteiger charge is 2.41. The first-order valence-corrected chi connectivity index (χ1v) is 52.4. The fraction of sp³-hybridized carbons (Fsp3) is 0.750. The Bertz CT molecular complexity index is 4600. The van der Waals surface area contributed by atoms with Crippen molar-refractivity contribution in [2.24, 2.45) is 4.99 Å². The van der Waals surface area contributed by atoms with Crippen LogP contribution in [0.2, 0.25) is 0 Å². The van der Waals surface area contributed by atoms with Gasteiger partial charge < -0.3 is 22.1 Å². The first-order chi connectivity index (χ1) is 61.3. The van der Waals surface area contributed by atoms with Crippen molar-refractivity contribution < 1.29 is 22.1 Å². The molecule has 0 radical (unpaired) electrons. The number of hydrogen-bond donors (Lipinski definition) is 0. The lowest BCUT2D eigenvalue weighted by molar-refractivity contribution is 0.0893. The maximum Gasteiger partial charge on any atom is 0.214 e. The molecule has 0 unspecified atom stereocenters. The Balaban J connectivity index is -0.000000741. The van der Waals surface area contributed by atoms with Gasteiger partial charge in [0.05, 0.1) is 101 Å². The molecular formula is C116H220N16O5S3. The summed E-state index contributed by atoms with van der Waals surface area (Å²) in [6, 6.07) is 4.59. The van der Waals surface area contributed by atoms with Gasteiger partial charge in [0.2, 0.25) is 5.89 Å². The van der Waals surface area contributed by atoms with Crippen LogP contribution in [-0.4, -0.2) is 210 Å². The summed E-state index contributed by atoms with van der Waals surface area (Å²) in [5.41, 5.74) is 15.5. The zero-order valence-electron chi connectivity index (χ0n) is 99.4. The number of oxazole rings is 3. The highest BCUT2D eigenvalue weighted by atomic mass is 32.1. The van der Waals surface area contributed by atoms with Crippen molar-refractivity contribution >= 4 is 39.7 Å². The molecule has 0 aromatic carbocycles. The van der Waals surface area contributed by atoms with Gasteiger partial charge in [-0.2, -0.15) is 0 Å². The molecule has 0 atom stereocenters. The normalized spacial score (nSPS) is 13.1. The van der Waals surface area contributed by atoms with Gasteiger partial charge in [0.1, 0.15) is 45.3 Å². The molecule has 9 rings (SSSR count). The van der Waals surface area contributed by atoms with Crippen LogP contribution in [0.5, 0.6) is 0 Å². The Labute approximate surface area is 875 Å². The van der Waals surface area contributed by atoms with E-state index >= 15 is 0 Å². The third kappa shape index (κ3) is 35.7. The van der Waals surface area contributed by atoms with E-state index in [9.17, 15) is 0 Å². The number of thiazole rings is 3. The second-order valence-electron chi connectivity index (χ2n) is 45.4. The predicted molar refractivity (Wildman–Crippen MR) is 616 cm³/mol. The van der Waals surface area contributed by atoms with Crippen LogP contribution in [0.1, 0.15) is 431 Å². The third-order valence-electron chi connectivity index (χ3n) is 30.0. The van der Waals surface area contributed by atoms with E-state index in [4.69, 9.17) is 22.1 Å². The highest BCUT2D eigenvalue weighted by molar-refractivity contribution is 7.12. The van der Waals surface area contributed by atoms with Gasteiger partial charge in [-0.25, -0.2) is 29.9 Å². The van der Waals surface area contributed by atoms with E-state index in [1.807, 2.05) is 77.4 Å². The minimum Gasteiger partial charge on any atom is -0.467 e. The molecule has 8 aromatic rings. The van der Waals surface area contributed by atoms with E-state index in [0.29, 0.717) is 54.4 Å². The molecule has 1 aliphatic heterocycles. The fourth-order valence-corrected chi connectivity index (χ4v) is 20.3. The summed E-state index contributed by atoms with van der Waals surface area (Å²) >= 11 is 5.42. The summed E-state index contributed by atoms with van der Waals surface area (Å²) in [6.45, 7) is 120. The fourth-order valence-electron chi connectivity index (χ4n) is 17.2. The summed E-state index contributed by atoms with van der Waals surface area (Å²) < 4.78 is 28.3. The molecule has 21 nitrogen and oxygen atoms in total. The van der Waals surface area contributed by atoms with E-state index in [0.717, 1.165) is 85.9 Å². The van der Waals surface area contributed by atoms with Gasteiger partial charge in [0, 0.05) is 94.0 Å². The number of rotatable bonds is 27. The number of aromatic nitrogens is 6. The van der Waals surface area contributed by atoms with E-state index in [1.54, 1.807) is 11.3 Å². The first kappa shape index (κ1) is 140. The number of furan rings is 2. The van der Waals surface area contributed by atoms with Crippen LogP contribution in [0.4, 0.5) is 0 Å². The first-order valence-electron chi connectivity index (χ1n) is 49.9. The van der Waals surface area contributed by atoms with Gasteiger partial charge in [0.25, 0.3) is 0 Å². The molecule has 0 saturated heterocycles. The Morgan fingerprint density at radius 3 is 0.971 bits per heavy atom. The number of hydrogen-bond acceptors (Lipinski definition) is 24. The quantitative estimate of drug-likeness (QED) is 0.0473. The summed E-state index contributed by atoms with van der Waals surface area (Å²) in [6.07, 6.45) is 1.85. The molecule has 0 amide bonds. The van der Waals surface area contributed by atoms with Crippen molar-refractivity contribution in [3.05, 3.63) is 156 Å². The summed E-state index contributed by atoms with van der Waals surface area (Å²) in [7, 11) is 19.3. The van der Waals surface area contributed by atoms with Crippen LogP contribution in [0.25, 0.3) is 0 Å². The maximum atomic E-state index is 5.73. The second-order valence-corrected chi connectivity index (χ2v) is 49.2. The van der Waals surface area contributed by atoms with Gasteiger partial charge in [-0.1, -0.05) is 29.7 Å². The molecular weight excluding hydrogens is 1790 g/mol. The van der Waals surface area contributed by atoms with Gasteiger partial charge in [-0.15, -0.1) is 34.0 Å². The van der Waals surface area contributed by atoms with Crippen LogP contribution in [-0.2, 0) is 44.3 Å². The molecule has 8 aromatic heterocycles. The highest BCUT2D eigenvalue weighted by Crippen LogP contribution is 2.41. The molecule has 0 aliphatic carbocycles. The van der Waals surface area contributed by atoms with Gasteiger partial charge >= 0.3 is 0 Å². The largest absolute Gasteiger partial charge is 0.467 e. The Morgan fingerprint density at radius 1 is 0.293 bits per heavy atom. The molecule has 24 heteroatoms. The van der Waals surface area contributed by atoms with Crippen LogP contribution in [0.3, 0.4) is 0 Å². The molecule has 0 fully saturated rings. The Morgan fingerprint density at radius 2 is 0.664 bits per heavy atom. The lowest BCUT2D eigenvalue weighted by atomic mass is 9.88. The average molecular weight is 2020 g/mol. The van der Waals surface area contributed by atoms with E-state index < -0.39 is 0 Å². The lowest BCUT2D eigenvalue weighted by Crippen LogP contribution is -2.51. The average Bonchev–Trinajstić information content (AvgIpc) is 1.65. The number of aliphatic imine (C=N–C) groups is 1. The number of aryl methyl sites for hydroxylation is 15. The van der Waals surface area contributed by atoms with E-state index in [-0.39, 0.29) is 79.6 Å². The van der Waals surface area contributed by atoms with Crippen molar-refractivity contribution in [2.75, 3.05) is 70.0 Å². The van der Waals surface area contributed by atoms with Crippen molar-refractivity contribution in [3.63, 3.8) is 0 Å². The smallest absolute Gasteiger partial charge is 0.214 e. The topological polar surface area (TPSA) is 185 Å². The van der Waals surface area contributed by atoms with Crippen molar-refractivity contribution in [1.29, 1.82) is 0 Å². The summed E-state index contributed by atoms with van der Waals surface area (Å²) in [5, 5.41) is 3.54. The van der Waals surface area contributed by atoms with Crippen LogP contribution in [0.15, 0.2) is 44.5 Å². The number of nitrogens with zero attached hydrogens (tertiary/aromatic N) is 16. The van der Waals surface area contributed by atoms with E-state index in [1.165, 1.54) is 75.8 Å². The zero-order chi connectivity index (χ0) is 107. The van der Waals surface area contributed by atoms with Crippen LogP contribution in [0, 0.1) is 118 Å². The van der Waals surface area contributed by atoms with Gasteiger partial charge in [-0.3, -0.25) is 49.1 Å². The van der Waals surface area contributed by atoms with Crippen molar-refractivity contribution in [1.82, 2.24) is 74.0 Å². The molecule has 0 spiro atoms. The molecule has 9 heterocycles. The molecule has 140 heavy (non-hydrogen) atoms. The Hall–Kier alpha value is -5.87. The van der Waals surface area contributed by atoms with Crippen molar-refractivity contribution in [3.8, 4) is 0 Å². The standard InChI is InChI=1S/C14H25NO.C13H24N2.C13H23NO.3C12H22N2O.3C12H22N2S.4CH4/c1-9(2)15(8)14(6,7)13-10(3)11(4)16-12(13)5;1-9(2)15(7)13(5,6)12-11(4)10(3)8-14-12;1-9(2)14(7)13(5,6)12-11(4)10(3)8-15-12;1-8(2)14(7)12(5,6)11-9(3)15-10(4)13-11;1-8(2)14(7)12(5,6)11-9(3)13-10(4)15-11;1-8(2)14(7)12(5,6)11-13-9(3)10(4)15-11;1-8(2)14(7)12(5,6)11-9(3)15-10(4)13-11;1-8(2)14(7)12(5,6)11-9(3)13-10(4)15-11;1-8(2)14(7)12(5,6)11-13-9(3)10(4)15-11;;;;/h9H,1-8H3;9H,8H2,1-7H3;8-9H,1-7H3;6*8H,1-7H3;4*1H4. The third-order valence-corrected chi connectivity index (χ3v) is 33.6. The summed E-state index contributed by atoms with van der Waals surface area (Å²) in [4.78, 5) is 56.9. The molecule has 0 saturated carbocycles.